The molecule has 0 amide bonds. The van der Waals surface area contributed by atoms with Crippen molar-refractivity contribution in [2.24, 2.45) is 0 Å². The largest absolute Gasteiger partial charge is 3.00 e. The average molecular weight is 1240 g/mol. The first-order valence-corrected chi connectivity index (χ1v) is 16.1. The van der Waals surface area contributed by atoms with Crippen LogP contribution in [0, 0.1) is 76.3 Å². The number of aliphatic carboxylic acids is 6. The van der Waals surface area contributed by atoms with Gasteiger partial charge in [-0.1, -0.05) is 70.6 Å². The number of carboxylic acids is 6. The Morgan fingerprint density at radius 1 is 0.304 bits per heavy atom. The Bertz CT molecular complexity index is 1060. The normalized spacial score (nSPS) is 7.71. The van der Waals surface area contributed by atoms with Crippen LogP contribution in [0.3, 0.4) is 0 Å². The van der Waals surface area contributed by atoms with Gasteiger partial charge in [0.2, 0.25) is 0 Å². The summed E-state index contributed by atoms with van der Waals surface area (Å²) in [6.45, 7) is 0. The van der Waals surface area contributed by atoms with Gasteiger partial charge in [0.15, 0.2) is 30.9 Å². The molecule has 2 rings (SSSR count). The number of nitrogens with zero attached hydrogens (tertiary/aromatic N) is 6. The Kier molecular flexibility index (Phi) is 92.0. The van der Waals surface area contributed by atoms with Crippen LogP contribution in [0.15, 0.2) is 30.9 Å². The molecule has 2 radical (unpaired) electrons. The van der Waals surface area contributed by atoms with Gasteiger partial charge in [-0.05, 0) is 0 Å². The van der Waals surface area contributed by atoms with Gasteiger partial charge in [0.05, 0.1) is 35.8 Å². The second-order valence-corrected chi connectivity index (χ2v) is 12.0. The van der Waals surface area contributed by atoms with E-state index in [1.54, 1.807) is 0 Å². The van der Waals surface area contributed by atoms with Crippen LogP contribution in [-0.2, 0) is 61.6 Å². The molecule has 56 heavy (non-hydrogen) atoms. The van der Waals surface area contributed by atoms with Crippen molar-refractivity contribution in [3.63, 3.8) is 0 Å². The van der Waals surface area contributed by atoms with Gasteiger partial charge in [-0.2, -0.15) is 29.9 Å². The van der Waals surface area contributed by atoms with E-state index < -0.39 is 70.3 Å². The zero-order valence-corrected chi connectivity index (χ0v) is 36.3. The fraction of sp³-hybridized carbons (Fsp3) is 0.333. The molecule has 0 atom stereocenters. The molecule has 0 saturated heterocycles. The molecule has 0 aromatic carbocycles. The molecule has 30 nitrogen and oxygen atoms in total. The van der Waals surface area contributed by atoms with Gasteiger partial charge >= 0.3 is 76.3 Å². The van der Waals surface area contributed by atoms with Gasteiger partial charge in [-0.3, -0.25) is 0 Å². The number of carboxylic acid groups (broad SMARTS) is 6. The van der Waals surface area contributed by atoms with Crippen molar-refractivity contribution in [1.82, 2.24) is 29.9 Å². The van der Waals surface area contributed by atoms with E-state index in [4.69, 9.17) is 0 Å². The van der Waals surface area contributed by atoms with Crippen molar-refractivity contribution in [3.8, 4) is 0 Å². The molecule has 38 heteroatoms. The topological polar surface area (TPSA) is 705 Å². The predicted molar refractivity (Wildman–Crippen MR) is 185 cm³/mol. The molecule has 0 aliphatic rings. The monoisotopic (exact) mass is 1250 g/mol. The Balaban J connectivity index is -0.0000000420. The van der Waals surface area contributed by atoms with Gasteiger partial charge in [0.25, 0.3) is 0 Å². The summed E-state index contributed by atoms with van der Waals surface area (Å²) in [6, 6.07) is 0. The van der Waals surface area contributed by atoms with Crippen LogP contribution in [0.1, 0.15) is 0 Å². The summed E-state index contributed by atoms with van der Waals surface area (Å²) >= 11 is 4.49. The van der Waals surface area contributed by atoms with Crippen molar-refractivity contribution >= 4 is 106 Å². The number of carbonyl (C=O) groups is 6. The van der Waals surface area contributed by atoms with E-state index in [9.17, 15) is 59.4 Å². The zero-order chi connectivity index (χ0) is 31.7. The standard InChI is InChI=1S/2C9H9N3O6S3.2Dy.12H2O/c2*13-4(14)1-19-7-10-8(20-2-5(15)16)12-9(11-7)21-3-6(17)18;;;;;;;;;;;;;;/h2*1-3H2,(H,13,14)(H,15,16)(H,17,18);;;12*1H2/q;;2*+3;;;;;;;;;;;;. The molecule has 30 N–H and O–H groups in total. The van der Waals surface area contributed by atoms with Crippen molar-refractivity contribution in [2.45, 2.75) is 30.9 Å². The van der Waals surface area contributed by atoms with Crippen LogP contribution < -0.4 is 30.6 Å². The average Bonchev–Trinajstić information content (AvgIpc) is 2.90. The molecule has 0 unspecified atom stereocenters. The molecular weight excluding hydrogens is 1200 g/mol. The summed E-state index contributed by atoms with van der Waals surface area (Å²) in [4.78, 5) is 85.4. The first-order chi connectivity index (χ1) is 19.7. The molecule has 2 heterocycles. The molecule has 0 aliphatic carbocycles. The van der Waals surface area contributed by atoms with Gasteiger partial charge in [0.1, 0.15) is 0 Å². The Morgan fingerprint density at radius 3 is 0.464 bits per heavy atom. The van der Waals surface area contributed by atoms with Gasteiger partial charge in [-0.15, -0.1) is 0 Å². The number of hydrogen-bond donors (Lipinski definition) is 0. The molecule has 0 saturated carbocycles. The van der Waals surface area contributed by atoms with Crippen molar-refractivity contribution in [2.75, 3.05) is 34.5 Å². The van der Waals surface area contributed by atoms with Gasteiger partial charge < -0.3 is 125 Å². The number of aromatic nitrogens is 6. The quantitative estimate of drug-likeness (QED) is 0.0988. The minimum absolute atomic E-state index is 0. The second kappa shape index (κ2) is 54.0. The van der Waals surface area contributed by atoms with E-state index in [2.05, 4.69) is 29.9 Å². The SMILES string of the molecule is O.O.O.O.O.O.O=C([O-])CSc1nc(SCC(=O)[O-])nc(SCC(=O)[O-])n1.O=C([O-])CSc1nc(SCC(=O)[O-])nc(SCC(=O)[O-])n1.[Dy+3].[Dy+3].[OH3+].[OH3+].[OH3+].[OH3+].[OH3+].[OH3+]. The first kappa shape index (κ1) is 95.4. The van der Waals surface area contributed by atoms with E-state index >= 15 is 0 Å². The molecule has 0 bridgehead atoms. The minimum Gasteiger partial charge on any atom is -0.549 e. The van der Waals surface area contributed by atoms with Crippen LogP contribution in [-0.4, -0.2) is 133 Å². The van der Waals surface area contributed by atoms with E-state index in [0.717, 1.165) is 70.6 Å². The fourth-order valence-electron chi connectivity index (χ4n) is 1.77. The summed E-state index contributed by atoms with van der Waals surface area (Å²) in [6.07, 6.45) is 0. The number of hydrogen-bond acceptors (Lipinski definition) is 24. The number of carbonyl (C=O) groups excluding carboxylic acids is 6. The first-order valence-electron chi connectivity index (χ1n) is 10.2. The van der Waals surface area contributed by atoms with Gasteiger partial charge in [0, 0.05) is 34.5 Å². The second-order valence-electron chi connectivity index (χ2n) is 6.33. The molecule has 0 aliphatic heterocycles. The maximum absolute atomic E-state index is 10.4. The van der Waals surface area contributed by atoms with Crippen LogP contribution in [0.2, 0.25) is 0 Å². The third kappa shape index (κ3) is 51.0. The van der Waals surface area contributed by atoms with Crippen molar-refractivity contribution in [1.29, 1.82) is 0 Å². The van der Waals surface area contributed by atoms with E-state index in [-0.39, 0.29) is 173 Å². The zero-order valence-electron chi connectivity index (χ0n) is 27.4. The maximum atomic E-state index is 10.4. The van der Waals surface area contributed by atoms with Crippen LogP contribution in [0.5, 0.6) is 0 Å². The maximum Gasteiger partial charge on any atom is 3.00 e. The molecule has 2 aromatic rings. The molecule has 2 aromatic heterocycles. The number of thioether (sulfide) groups is 6. The Labute approximate surface area is 398 Å². The van der Waals surface area contributed by atoms with Crippen LogP contribution in [0.25, 0.3) is 0 Å². The summed E-state index contributed by atoms with van der Waals surface area (Å²) in [5.41, 5.74) is 0. The Hall–Kier alpha value is -0.995. The van der Waals surface area contributed by atoms with E-state index in [0.29, 0.717) is 0 Å². The molecule has 338 valence electrons. The molecule has 0 fully saturated rings. The third-order valence-electron chi connectivity index (χ3n) is 3.06. The minimum atomic E-state index is -1.33. The summed E-state index contributed by atoms with van der Waals surface area (Å²) < 4.78 is 0. The Morgan fingerprint density at radius 2 is 0.393 bits per heavy atom. The molecular formula is C18H42Dy2N6O24S6+6. The van der Waals surface area contributed by atoms with E-state index in [1.165, 1.54) is 0 Å². The molecule has 0 spiro atoms. The predicted octanol–water partition coefficient (Wildman–Crippen LogP) is -17.7. The smallest absolute Gasteiger partial charge is 0.549 e. The third-order valence-corrected chi connectivity index (χ3v) is 7.99. The van der Waals surface area contributed by atoms with Crippen LogP contribution in [0.4, 0.5) is 0 Å². The fourth-order valence-corrected chi connectivity index (χ4v) is 5.41. The summed E-state index contributed by atoms with van der Waals surface area (Å²) in [5, 5.41) is 62.5. The number of rotatable bonds is 18. The van der Waals surface area contributed by atoms with Gasteiger partial charge in [-0.25, -0.2) is 0 Å². The van der Waals surface area contributed by atoms with Crippen molar-refractivity contribution < 1.29 is 201 Å². The van der Waals surface area contributed by atoms with E-state index in [1.807, 2.05) is 0 Å². The van der Waals surface area contributed by atoms with Crippen molar-refractivity contribution in [3.05, 3.63) is 0 Å². The summed E-state index contributed by atoms with van der Waals surface area (Å²) in [7, 11) is 0. The summed E-state index contributed by atoms with van der Waals surface area (Å²) in [5.74, 6) is -10.4. The van der Waals surface area contributed by atoms with Crippen LogP contribution >= 0.6 is 70.6 Å².